The van der Waals surface area contributed by atoms with Gasteiger partial charge in [-0.25, -0.2) is 4.79 Å². The first kappa shape index (κ1) is 12.6. The van der Waals surface area contributed by atoms with E-state index in [0.29, 0.717) is 6.61 Å². The summed E-state index contributed by atoms with van der Waals surface area (Å²) in [4.78, 5) is 22.8. The summed E-state index contributed by atoms with van der Waals surface area (Å²) in [7, 11) is 0. The van der Waals surface area contributed by atoms with Crippen LogP contribution in [0.3, 0.4) is 0 Å². The molecule has 1 aromatic rings. The van der Waals surface area contributed by atoms with Crippen LogP contribution >= 0.6 is 0 Å². The fourth-order valence-corrected chi connectivity index (χ4v) is 1.58. The summed E-state index contributed by atoms with van der Waals surface area (Å²) in [5, 5.41) is 0. The zero-order valence-corrected chi connectivity index (χ0v) is 9.83. The lowest BCUT2D eigenvalue weighted by Crippen LogP contribution is -2.36. The maximum Gasteiger partial charge on any atom is 0.509 e. The first-order chi connectivity index (χ1) is 8.75. The second-order valence-electron chi connectivity index (χ2n) is 3.92. The number of carbonyl (C=O) groups is 2. The summed E-state index contributed by atoms with van der Waals surface area (Å²) in [6.07, 6.45) is -1.40. The second-order valence-corrected chi connectivity index (χ2v) is 3.92. The topological polar surface area (TPSA) is 61.8 Å². The van der Waals surface area contributed by atoms with Crippen LogP contribution < -0.4 is 0 Å². The fourth-order valence-electron chi connectivity index (χ4n) is 1.58. The number of ketones is 1. The Labute approximate surface area is 105 Å². The van der Waals surface area contributed by atoms with Crippen molar-refractivity contribution in [1.29, 1.82) is 0 Å². The van der Waals surface area contributed by atoms with E-state index >= 15 is 0 Å². The molecular formula is C13H14O5. The predicted octanol–water partition coefficient (Wildman–Crippen LogP) is 1.70. The quantitative estimate of drug-likeness (QED) is 0.764. The van der Waals surface area contributed by atoms with Crippen molar-refractivity contribution in [3.63, 3.8) is 0 Å². The standard InChI is InChI=1S/C13H14O5/c14-11-6-7-16-9-12(11)18-13(15)17-8-10-4-2-1-3-5-10/h1-5,12H,6-9H2. The van der Waals surface area contributed by atoms with Crippen molar-refractivity contribution >= 4 is 11.9 Å². The van der Waals surface area contributed by atoms with E-state index in [1.54, 1.807) is 0 Å². The summed E-state index contributed by atoms with van der Waals surface area (Å²) >= 11 is 0. The molecule has 1 aromatic carbocycles. The highest BCUT2D eigenvalue weighted by molar-refractivity contribution is 5.85. The number of hydrogen-bond acceptors (Lipinski definition) is 5. The fraction of sp³-hybridized carbons (Fsp3) is 0.385. The van der Waals surface area contributed by atoms with E-state index in [1.807, 2.05) is 30.3 Å². The van der Waals surface area contributed by atoms with Crippen LogP contribution in [0.25, 0.3) is 0 Å². The van der Waals surface area contributed by atoms with Gasteiger partial charge in [-0.3, -0.25) is 4.79 Å². The number of hydrogen-bond donors (Lipinski definition) is 0. The van der Waals surface area contributed by atoms with Crippen LogP contribution in [-0.2, 0) is 25.6 Å². The van der Waals surface area contributed by atoms with Gasteiger partial charge in [0.05, 0.1) is 13.2 Å². The third-order valence-corrected chi connectivity index (χ3v) is 2.56. The molecule has 1 saturated heterocycles. The lowest BCUT2D eigenvalue weighted by Gasteiger charge is -2.20. The van der Waals surface area contributed by atoms with E-state index in [1.165, 1.54) is 0 Å². The molecule has 1 atom stereocenters. The highest BCUT2D eigenvalue weighted by atomic mass is 16.7. The van der Waals surface area contributed by atoms with Crippen molar-refractivity contribution in [1.82, 2.24) is 0 Å². The van der Waals surface area contributed by atoms with Gasteiger partial charge < -0.3 is 14.2 Å². The molecule has 96 valence electrons. The molecule has 0 N–H and O–H groups in total. The molecule has 1 unspecified atom stereocenters. The first-order valence-corrected chi connectivity index (χ1v) is 5.73. The lowest BCUT2D eigenvalue weighted by molar-refractivity contribution is -0.139. The van der Waals surface area contributed by atoms with Crippen LogP contribution in [0.15, 0.2) is 30.3 Å². The Morgan fingerprint density at radius 3 is 2.83 bits per heavy atom. The monoisotopic (exact) mass is 250 g/mol. The smallest absolute Gasteiger partial charge is 0.429 e. The maximum atomic E-state index is 11.4. The minimum absolute atomic E-state index is 0.110. The normalized spacial score (nSPS) is 19.3. The van der Waals surface area contributed by atoms with E-state index < -0.39 is 12.3 Å². The van der Waals surface area contributed by atoms with Crippen LogP contribution in [0.5, 0.6) is 0 Å². The average molecular weight is 250 g/mol. The molecule has 1 heterocycles. The van der Waals surface area contributed by atoms with Crippen molar-refractivity contribution < 1.29 is 23.8 Å². The molecule has 0 radical (unpaired) electrons. The maximum absolute atomic E-state index is 11.4. The molecule has 0 bridgehead atoms. The largest absolute Gasteiger partial charge is 0.509 e. The molecule has 5 nitrogen and oxygen atoms in total. The summed E-state index contributed by atoms with van der Waals surface area (Å²) in [6, 6.07) is 9.25. The zero-order chi connectivity index (χ0) is 12.8. The Morgan fingerprint density at radius 2 is 2.11 bits per heavy atom. The molecule has 0 spiro atoms. The first-order valence-electron chi connectivity index (χ1n) is 5.73. The summed E-state index contributed by atoms with van der Waals surface area (Å²) in [6.45, 7) is 0.623. The molecule has 0 saturated carbocycles. The van der Waals surface area contributed by atoms with Crippen LogP contribution in [0.4, 0.5) is 4.79 Å². The Bertz CT molecular complexity index is 415. The molecule has 1 fully saturated rings. The van der Waals surface area contributed by atoms with Crippen molar-refractivity contribution in [2.24, 2.45) is 0 Å². The van der Waals surface area contributed by atoms with Gasteiger partial charge in [0, 0.05) is 6.42 Å². The Hall–Kier alpha value is -1.88. The SMILES string of the molecule is O=C(OCc1ccccc1)OC1COCCC1=O. The Kier molecular flexibility index (Phi) is 4.30. The molecule has 0 aromatic heterocycles. The van der Waals surface area contributed by atoms with E-state index in [0.717, 1.165) is 5.56 Å². The Morgan fingerprint density at radius 1 is 1.33 bits per heavy atom. The van der Waals surface area contributed by atoms with Crippen molar-refractivity contribution in [3.05, 3.63) is 35.9 Å². The van der Waals surface area contributed by atoms with E-state index in [-0.39, 0.29) is 25.4 Å². The highest BCUT2D eigenvalue weighted by Gasteiger charge is 2.27. The number of carbonyl (C=O) groups excluding carboxylic acids is 2. The van der Waals surface area contributed by atoms with E-state index in [9.17, 15) is 9.59 Å². The second kappa shape index (κ2) is 6.16. The van der Waals surface area contributed by atoms with Gasteiger partial charge in [-0.2, -0.15) is 0 Å². The minimum atomic E-state index is -0.845. The summed E-state index contributed by atoms with van der Waals surface area (Å²) < 4.78 is 14.9. The number of benzene rings is 1. The van der Waals surface area contributed by atoms with Gasteiger partial charge in [-0.15, -0.1) is 0 Å². The molecule has 2 rings (SSSR count). The predicted molar refractivity (Wildman–Crippen MR) is 61.9 cm³/mol. The molecule has 0 aliphatic carbocycles. The van der Waals surface area contributed by atoms with E-state index in [4.69, 9.17) is 14.2 Å². The molecule has 18 heavy (non-hydrogen) atoms. The minimum Gasteiger partial charge on any atom is -0.429 e. The van der Waals surface area contributed by atoms with Gasteiger partial charge in [0.15, 0.2) is 11.9 Å². The van der Waals surface area contributed by atoms with Crippen molar-refractivity contribution in [3.8, 4) is 0 Å². The average Bonchev–Trinajstić information content (AvgIpc) is 2.40. The van der Waals surface area contributed by atoms with Gasteiger partial charge in [-0.05, 0) is 5.56 Å². The lowest BCUT2D eigenvalue weighted by atomic mass is 10.1. The van der Waals surface area contributed by atoms with Crippen LogP contribution in [0, 0.1) is 0 Å². The Balaban J connectivity index is 1.76. The third kappa shape index (κ3) is 3.56. The molecule has 5 heteroatoms. The molecule has 1 aliphatic heterocycles. The van der Waals surface area contributed by atoms with E-state index in [2.05, 4.69) is 0 Å². The van der Waals surface area contributed by atoms with Gasteiger partial charge in [-0.1, -0.05) is 30.3 Å². The third-order valence-electron chi connectivity index (χ3n) is 2.56. The number of Topliss-reactive ketones (excluding diaryl/α,β-unsaturated/α-hetero) is 1. The van der Waals surface area contributed by atoms with Crippen LogP contribution in [0.1, 0.15) is 12.0 Å². The van der Waals surface area contributed by atoms with Crippen LogP contribution in [-0.4, -0.2) is 31.3 Å². The van der Waals surface area contributed by atoms with Gasteiger partial charge in [0.25, 0.3) is 0 Å². The molecular weight excluding hydrogens is 236 g/mol. The zero-order valence-electron chi connectivity index (χ0n) is 9.83. The summed E-state index contributed by atoms with van der Waals surface area (Å²) in [5.74, 6) is -0.127. The molecule has 1 aliphatic rings. The number of ether oxygens (including phenoxy) is 3. The van der Waals surface area contributed by atoms with Crippen molar-refractivity contribution in [2.75, 3.05) is 13.2 Å². The van der Waals surface area contributed by atoms with Gasteiger partial charge in [0.2, 0.25) is 0 Å². The highest BCUT2D eigenvalue weighted by Crippen LogP contribution is 2.08. The van der Waals surface area contributed by atoms with Crippen LogP contribution in [0.2, 0.25) is 0 Å². The molecule has 0 amide bonds. The summed E-state index contributed by atoms with van der Waals surface area (Å²) in [5.41, 5.74) is 0.862. The van der Waals surface area contributed by atoms with Crippen molar-refractivity contribution in [2.45, 2.75) is 19.1 Å². The van der Waals surface area contributed by atoms with Gasteiger partial charge in [0.1, 0.15) is 6.61 Å². The van der Waals surface area contributed by atoms with Gasteiger partial charge >= 0.3 is 6.16 Å². The number of rotatable bonds is 3.